The Morgan fingerprint density at radius 1 is 0.305 bits per heavy atom. The molecule has 0 amide bonds. The van der Waals surface area contributed by atoms with Gasteiger partial charge in [0, 0.05) is 110 Å². The monoisotopic (exact) mass is 1560 g/mol. The van der Waals surface area contributed by atoms with Crippen molar-refractivity contribution in [3.05, 3.63) is 214 Å². The van der Waals surface area contributed by atoms with Crippen LogP contribution in [0.25, 0.3) is 132 Å². The van der Waals surface area contributed by atoms with E-state index in [1.807, 2.05) is 87.5 Å². The summed E-state index contributed by atoms with van der Waals surface area (Å²) in [6.45, 7) is 10.7. The maximum Gasteiger partial charge on any atom is 0.177 e. The highest BCUT2D eigenvalue weighted by Crippen LogP contribution is 2.39. The lowest BCUT2D eigenvalue weighted by Gasteiger charge is -1.99. The third kappa shape index (κ3) is 14.1. The largest absolute Gasteiger partial charge is 0.308 e. The Morgan fingerprint density at radius 3 is 0.781 bits per heavy atom. The van der Waals surface area contributed by atoms with Crippen LogP contribution in [0.1, 0.15) is 53.2 Å². The summed E-state index contributed by atoms with van der Waals surface area (Å²) < 4.78 is 39.1. The van der Waals surface area contributed by atoms with Crippen LogP contribution < -0.4 is 0 Å². The van der Waals surface area contributed by atoms with Gasteiger partial charge in [-0.1, -0.05) is 34.8 Å². The van der Waals surface area contributed by atoms with Crippen LogP contribution in [0.4, 0.5) is 8.78 Å². The molecule has 18 heterocycles. The number of hydrogen-bond acceptors (Lipinski definition) is 17. The van der Waals surface area contributed by atoms with Crippen LogP contribution in [0.3, 0.4) is 0 Å². The number of nitrogens with zero attached hydrogens (tertiary/aromatic N) is 23. The first kappa shape index (κ1) is 75.5. The number of pyridine rings is 12. The molecule has 0 fully saturated rings. The summed E-state index contributed by atoms with van der Waals surface area (Å²) in [6.07, 6.45) is 20.4. The minimum atomic E-state index is -0.593. The maximum absolute atomic E-state index is 14.1. The molecule has 23 nitrogen and oxygen atoms in total. The average molecular weight is 1560 g/mol. The molecule has 0 bridgehead atoms. The molecule has 0 spiro atoms. The molecule has 18 aromatic rings. The van der Waals surface area contributed by atoms with Crippen molar-refractivity contribution in [2.75, 3.05) is 0 Å². The van der Waals surface area contributed by atoms with Crippen molar-refractivity contribution in [1.82, 2.24) is 85.8 Å². The van der Waals surface area contributed by atoms with E-state index in [4.69, 9.17) is 61.1 Å². The molecule has 0 aliphatic carbocycles. The minimum Gasteiger partial charge on any atom is -0.308 e. The Balaban J connectivity index is 0.000000124. The van der Waals surface area contributed by atoms with Gasteiger partial charge in [-0.05, 0) is 179 Å². The SMILES string of the molecule is CC#N.CC#N.Cc1c(C#N)ncc2c1c1cccnc1n2P.Cc1c(C#N)ncc2c1c1cccnc1n2P.Cc1c(Cl)ncc2c1c1cccnc1n2P.Cc1c(Cl)ncc2c1c1cccnc1n2P.Fc1c(Cl)ncc2c1c1cccnc1n2P.N#Cc1ncc2c(c1F)c1cccnc1n2P. The van der Waals surface area contributed by atoms with Gasteiger partial charge in [0.15, 0.2) is 22.5 Å². The van der Waals surface area contributed by atoms with Crippen molar-refractivity contribution in [2.45, 2.75) is 41.5 Å². The number of rotatable bonds is 0. The number of aryl methyl sites for hydroxylation is 4. The van der Waals surface area contributed by atoms with Crippen molar-refractivity contribution in [3.8, 4) is 30.3 Å². The van der Waals surface area contributed by atoms with Gasteiger partial charge in [0.25, 0.3) is 0 Å². The normalized spacial score (nSPS) is 10.7. The molecule has 518 valence electrons. The number of halogens is 5. The van der Waals surface area contributed by atoms with Crippen LogP contribution >= 0.6 is 91.1 Å². The van der Waals surface area contributed by atoms with Crippen molar-refractivity contribution >= 4 is 223 Å². The number of hydrogen-bond donors (Lipinski definition) is 0. The second-order valence-electron chi connectivity index (χ2n) is 22.4. The van der Waals surface area contributed by atoms with Gasteiger partial charge in [0.2, 0.25) is 0 Å². The van der Waals surface area contributed by atoms with E-state index in [1.54, 1.807) is 107 Å². The van der Waals surface area contributed by atoms with Gasteiger partial charge in [-0.25, -0.2) is 68.6 Å². The summed E-state index contributed by atoms with van der Waals surface area (Å²) in [6, 6.07) is 32.3. The molecular weight excluding hydrogens is 1510 g/mol. The Bertz CT molecular complexity index is 6090. The second-order valence-corrected chi connectivity index (χ2v) is 26.6. The topological polar surface area (TPSA) is 303 Å². The summed E-state index contributed by atoms with van der Waals surface area (Å²) in [5, 5.41) is 53.3. The van der Waals surface area contributed by atoms with Crippen LogP contribution in [0.2, 0.25) is 15.5 Å². The van der Waals surface area contributed by atoms with Gasteiger partial charge in [0.05, 0.1) is 87.8 Å². The molecule has 18 rings (SSSR count). The Hall–Kier alpha value is -10.6. The summed E-state index contributed by atoms with van der Waals surface area (Å²) in [5.41, 5.74) is 14.8. The highest BCUT2D eigenvalue weighted by Gasteiger charge is 2.21. The molecule has 0 N–H and O–H groups in total. The van der Waals surface area contributed by atoms with Crippen LogP contribution in [0, 0.1) is 96.0 Å². The molecule has 0 saturated carbocycles. The van der Waals surface area contributed by atoms with Crippen molar-refractivity contribution in [3.63, 3.8) is 0 Å². The number of aromatic nitrogens is 18. The fraction of sp³-hybridized carbons (Fsp3) is 0.0845. The zero-order chi connectivity index (χ0) is 75.2. The molecule has 6 unspecified atom stereocenters. The number of nitriles is 5. The lowest BCUT2D eigenvalue weighted by atomic mass is 10.1. The van der Waals surface area contributed by atoms with Crippen LogP contribution in [-0.4, -0.2) is 85.8 Å². The summed E-state index contributed by atoms with van der Waals surface area (Å²) in [5.74, 6) is -1.09. The van der Waals surface area contributed by atoms with E-state index in [0.717, 1.165) is 115 Å². The lowest BCUT2D eigenvalue weighted by molar-refractivity contribution is 0.630. The Labute approximate surface area is 625 Å². The van der Waals surface area contributed by atoms with Gasteiger partial charge in [0.1, 0.15) is 73.8 Å². The van der Waals surface area contributed by atoms with Gasteiger partial charge >= 0.3 is 0 Å². The molecule has 0 aliphatic heterocycles. The van der Waals surface area contributed by atoms with Gasteiger partial charge in [-0.15, -0.1) is 0 Å². The van der Waals surface area contributed by atoms with E-state index in [9.17, 15) is 8.78 Å². The quantitative estimate of drug-likeness (QED) is 0.101. The van der Waals surface area contributed by atoms with Gasteiger partial charge in [-0.2, -0.15) is 26.3 Å². The zero-order valence-corrected chi connectivity index (χ0v) is 65.2. The summed E-state index contributed by atoms with van der Waals surface area (Å²) >= 11 is 17.8. The summed E-state index contributed by atoms with van der Waals surface area (Å²) in [4.78, 5) is 50.0. The van der Waals surface area contributed by atoms with Crippen LogP contribution in [0.15, 0.2) is 147 Å². The minimum absolute atomic E-state index is 0.117. The molecule has 0 radical (unpaired) electrons. The second kappa shape index (κ2) is 32.6. The average Bonchev–Trinajstić information content (AvgIpc) is 1.66. The third-order valence-corrected chi connectivity index (χ3v) is 20.8. The zero-order valence-electron chi connectivity index (χ0n) is 56.0. The van der Waals surface area contributed by atoms with Crippen molar-refractivity contribution in [1.29, 1.82) is 26.3 Å². The first-order valence-corrected chi connectivity index (χ1v) is 35.0. The maximum atomic E-state index is 14.1. The van der Waals surface area contributed by atoms with Crippen molar-refractivity contribution in [2.24, 2.45) is 0 Å². The van der Waals surface area contributed by atoms with E-state index < -0.39 is 11.6 Å². The van der Waals surface area contributed by atoms with E-state index in [-0.39, 0.29) is 10.8 Å². The van der Waals surface area contributed by atoms with E-state index in [2.05, 4.69) is 140 Å². The summed E-state index contributed by atoms with van der Waals surface area (Å²) in [7, 11) is 15.5. The Morgan fingerprint density at radius 2 is 0.514 bits per heavy atom. The molecular formula is C71H54Cl3F2N23P6. The molecule has 0 aromatic carbocycles. The smallest absolute Gasteiger partial charge is 0.177 e. The predicted molar refractivity (Wildman–Crippen MR) is 431 cm³/mol. The third-order valence-electron chi connectivity index (χ3n) is 16.6. The lowest BCUT2D eigenvalue weighted by Crippen LogP contribution is -1.90. The molecule has 0 aliphatic rings. The molecule has 105 heavy (non-hydrogen) atoms. The Kier molecular flexibility index (Phi) is 23.4. The highest BCUT2D eigenvalue weighted by atomic mass is 35.5. The van der Waals surface area contributed by atoms with Crippen LogP contribution in [0.5, 0.6) is 0 Å². The van der Waals surface area contributed by atoms with Crippen LogP contribution in [-0.2, 0) is 0 Å². The first-order chi connectivity index (χ1) is 50.6. The molecule has 18 aromatic heterocycles. The molecule has 0 saturated heterocycles. The molecule has 6 atom stereocenters. The van der Waals surface area contributed by atoms with Crippen molar-refractivity contribution < 1.29 is 8.78 Å². The number of fused-ring (bicyclic) bond motifs is 18. The van der Waals surface area contributed by atoms with E-state index in [1.165, 1.54) is 26.2 Å². The first-order valence-electron chi connectivity index (χ1n) is 30.8. The predicted octanol–water partition coefficient (Wildman–Crippen LogP) is 17.5. The fourth-order valence-corrected chi connectivity index (χ4v) is 14.8. The van der Waals surface area contributed by atoms with E-state index in [0.29, 0.717) is 60.2 Å². The molecule has 34 heteroatoms. The van der Waals surface area contributed by atoms with Gasteiger partial charge in [-0.3, -0.25) is 0 Å². The standard InChI is InChI=1S/2C12H9N4P.2C11H9ClN3P.C11H6FN4P.C10H6ClFN3P.2C2H3N/c2*1-7-9(5-13)15-6-10-11(7)8-3-2-4-14-12(8)16(10)17;2*1-6-9-7-3-2-4-13-11(7)15(16)8(9)5-14-10(6)12;12-10-7(4-13)15-5-8-9(10)6-2-1-3-14-11(6)16(8)17;11-9-8(12)7-5-2-1-3-13-10(5)15(16)6(7)4-14-9;2*1-2-3/h2*2-4,6H,17H2,1H3;2*2-5H,16H2,1H3;1-3,5H,17H2;1-4H,16H2;2*1H3. The van der Waals surface area contributed by atoms with Gasteiger partial charge < -0.3 is 26.0 Å². The van der Waals surface area contributed by atoms with E-state index >= 15 is 0 Å². The fourth-order valence-electron chi connectivity index (χ4n) is 11.9. The highest BCUT2D eigenvalue weighted by molar-refractivity contribution is 7.16.